The Labute approximate surface area is 131 Å². The topological polar surface area (TPSA) is 84.4 Å². The minimum atomic E-state index is -0.265. The van der Waals surface area contributed by atoms with Gasteiger partial charge >= 0.3 is 0 Å². The molecule has 0 saturated heterocycles. The number of benzene rings is 1. The Bertz CT molecular complexity index is 743. The van der Waals surface area contributed by atoms with Crippen molar-refractivity contribution in [3.8, 4) is 5.75 Å². The van der Waals surface area contributed by atoms with E-state index in [0.29, 0.717) is 34.2 Å². The van der Waals surface area contributed by atoms with Gasteiger partial charge in [0.15, 0.2) is 6.61 Å². The highest BCUT2D eigenvalue weighted by molar-refractivity contribution is 7.08. The molecule has 1 aromatic carbocycles. The fourth-order valence-electron chi connectivity index (χ4n) is 2.25. The van der Waals surface area contributed by atoms with Gasteiger partial charge in [0.05, 0.1) is 11.4 Å². The van der Waals surface area contributed by atoms with E-state index in [1.54, 1.807) is 30.0 Å². The van der Waals surface area contributed by atoms with Crippen LogP contribution in [0.25, 0.3) is 0 Å². The van der Waals surface area contributed by atoms with Crippen LogP contribution in [0.15, 0.2) is 18.2 Å². The van der Waals surface area contributed by atoms with Crippen LogP contribution in [-0.2, 0) is 4.79 Å². The summed E-state index contributed by atoms with van der Waals surface area (Å²) in [5.74, 6) is 0.273. The maximum absolute atomic E-state index is 12.2. The second-order valence-electron chi connectivity index (χ2n) is 4.75. The summed E-state index contributed by atoms with van der Waals surface area (Å²) in [6.45, 7) is 4.21. The Morgan fingerprint density at radius 3 is 3.00 bits per heavy atom. The fraction of sp³-hybridized carbons (Fsp3) is 0.286. The SMILES string of the molecule is CCN1C(=O)COc2ccc(NC(=O)c3snnc3C)cc21. The van der Waals surface area contributed by atoms with Crippen LogP contribution in [-0.4, -0.2) is 34.6 Å². The summed E-state index contributed by atoms with van der Waals surface area (Å²) in [6, 6.07) is 5.22. The minimum absolute atomic E-state index is 0.0400. The van der Waals surface area contributed by atoms with Gasteiger partial charge in [-0.3, -0.25) is 9.59 Å². The lowest BCUT2D eigenvalue weighted by molar-refractivity contribution is -0.121. The van der Waals surface area contributed by atoms with E-state index < -0.39 is 0 Å². The van der Waals surface area contributed by atoms with E-state index in [9.17, 15) is 9.59 Å². The van der Waals surface area contributed by atoms with Gasteiger partial charge in [-0.1, -0.05) is 4.49 Å². The van der Waals surface area contributed by atoms with Crippen molar-refractivity contribution in [1.29, 1.82) is 0 Å². The molecule has 0 radical (unpaired) electrons. The molecule has 1 aromatic heterocycles. The number of aromatic nitrogens is 2. The Balaban J connectivity index is 1.87. The Morgan fingerprint density at radius 2 is 2.32 bits per heavy atom. The van der Waals surface area contributed by atoms with Gasteiger partial charge in [-0.15, -0.1) is 5.10 Å². The standard InChI is InChI=1S/C14H14N4O3S/c1-3-18-10-6-9(4-5-11(10)21-7-12(18)19)15-14(20)13-8(2)16-17-22-13/h4-6H,3,7H2,1-2H3,(H,15,20). The van der Waals surface area contributed by atoms with E-state index in [-0.39, 0.29) is 18.4 Å². The second kappa shape index (κ2) is 5.72. The summed E-state index contributed by atoms with van der Waals surface area (Å²) in [5.41, 5.74) is 1.85. The molecule has 1 aliphatic heterocycles. The molecule has 0 bridgehead atoms. The number of aryl methyl sites for hydroxylation is 1. The van der Waals surface area contributed by atoms with Crippen LogP contribution in [0.5, 0.6) is 5.75 Å². The smallest absolute Gasteiger partial charge is 0.269 e. The maximum atomic E-state index is 12.2. The Kier molecular flexibility index (Phi) is 3.76. The molecule has 0 saturated carbocycles. The lowest BCUT2D eigenvalue weighted by Gasteiger charge is -2.28. The molecular formula is C14H14N4O3S. The molecule has 2 heterocycles. The van der Waals surface area contributed by atoms with E-state index in [2.05, 4.69) is 14.9 Å². The van der Waals surface area contributed by atoms with E-state index in [1.807, 2.05) is 6.92 Å². The van der Waals surface area contributed by atoms with Gasteiger partial charge in [0, 0.05) is 12.2 Å². The molecule has 0 aliphatic carbocycles. The van der Waals surface area contributed by atoms with Gasteiger partial charge in [0.25, 0.3) is 11.8 Å². The van der Waals surface area contributed by atoms with E-state index >= 15 is 0 Å². The van der Waals surface area contributed by atoms with Crippen molar-refractivity contribution in [2.24, 2.45) is 0 Å². The van der Waals surface area contributed by atoms with Crippen molar-refractivity contribution in [1.82, 2.24) is 9.59 Å². The van der Waals surface area contributed by atoms with Crippen LogP contribution in [0.1, 0.15) is 22.3 Å². The number of hydrogen-bond donors (Lipinski definition) is 1. The molecule has 7 nitrogen and oxygen atoms in total. The fourth-order valence-corrected chi connectivity index (χ4v) is 2.81. The molecule has 114 valence electrons. The molecule has 8 heteroatoms. The first-order valence-corrected chi connectivity index (χ1v) is 7.55. The zero-order chi connectivity index (χ0) is 15.7. The van der Waals surface area contributed by atoms with Crippen LogP contribution in [0.3, 0.4) is 0 Å². The van der Waals surface area contributed by atoms with E-state index in [4.69, 9.17) is 4.74 Å². The van der Waals surface area contributed by atoms with Crippen molar-refractivity contribution >= 4 is 34.7 Å². The van der Waals surface area contributed by atoms with Crippen LogP contribution in [0, 0.1) is 6.92 Å². The predicted molar refractivity (Wildman–Crippen MR) is 82.6 cm³/mol. The third kappa shape index (κ3) is 2.52. The minimum Gasteiger partial charge on any atom is -0.482 e. The number of fused-ring (bicyclic) bond motifs is 1. The van der Waals surface area contributed by atoms with Gasteiger partial charge in [-0.05, 0) is 43.6 Å². The molecule has 2 amide bonds. The molecule has 1 N–H and O–H groups in total. The van der Waals surface area contributed by atoms with Gasteiger partial charge in [-0.25, -0.2) is 0 Å². The van der Waals surface area contributed by atoms with Crippen LogP contribution < -0.4 is 15.0 Å². The first-order valence-electron chi connectivity index (χ1n) is 6.77. The van der Waals surface area contributed by atoms with Gasteiger partial charge < -0.3 is 15.0 Å². The first kappa shape index (κ1) is 14.5. The number of hydrogen-bond acceptors (Lipinski definition) is 6. The maximum Gasteiger partial charge on any atom is 0.269 e. The summed E-state index contributed by atoms with van der Waals surface area (Å²) >= 11 is 1.05. The molecule has 0 spiro atoms. The first-order chi connectivity index (χ1) is 10.6. The number of nitrogens with one attached hydrogen (secondary N) is 1. The van der Waals surface area contributed by atoms with Crippen molar-refractivity contribution in [3.63, 3.8) is 0 Å². The average Bonchev–Trinajstić information content (AvgIpc) is 2.93. The number of ether oxygens (including phenoxy) is 1. The van der Waals surface area contributed by atoms with Gasteiger partial charge in [0.1, 0.15) is 10.6 Å². The number of carbonyl (C=O) groups excluding carboxylic acids is 2. The molecular weight excluding hydrogens is 304 g/mol. The van der Waals surface area contributed by atoms with E-state index in [1.165, 1.54) is 0 Å². The monoisotopic (exact) mass is 318 g/mol. The number of amides is 2. The zero-order valence-electron chi connectivity index (χ0n) is 12.1. The second-order valence-corrected chi connectivity index (χ2v) is 5.50. The predicted octanol–water partition coefficient (Wildman–Crippen LogP) is 1.84. The summed E-state index contributed by atoms with van der Waals surface area (Å²) < 4.78 is 9.15. The third-order valence-corrected chi connectivity index (χ3v) is 4.16. The molecule has 3 rings (SSSR count). The molecule has 22 heavy (non-hydrogen) atoms. The van der Waals surface area contributed by atoms with Crippen LogP contribution in [0.2, 0.25) is 0 Å². The highest BCUT2D eigenvalue weighted by Gasteiger charge is 2.24. The van der Waals surface area contributed by atoms with Gasteiger partial charge in [-0.2, -0.15) is 0 Å². The molecule has 0 unspecified atom stereocenters. The highest BCUT2D eigenvalue weighted by atomic mass is 32.1. The summed E-state index contributed by atoms with van der Waals surface area (Å²) in [7, 11) is 0. The largest absolute Gasteiger partial charge is 0.482 e. The number of anilines is 2. The van der Waals surface area contributed by atoms with Crippen molar-refractivity contribution in [2.75, 3.05) is 23.4 Å². The van der Waals surface area contributed by atoms with Crippen molar-refractivity contribution in [3.05, 3.63) is 28.8 Å². The van der Waals surface area contributed by atoms with Crippen molar-refractivity contribution < 1.29 is 14.3 Å². The lowest BCUT2D eigenvalue weighted by Crippen LogP contribution is -2.38. The normalized spacial score (nSPS) is 13.5. The number of rotatable bonds is 3. The Hall–Kier alpha value is -2.48. The Morgan fingerprint density at radius 1 is 1.50 bits per heavy atom. The van der Waals surface area contributed by atoms with Gasteiger partial charge in [0.2, 0.25) is 0 Å². The molecule has 1 aliphatic rings. The highest BCUT2D eigenvalue weighted by Crippen LogP contribution is 2.34. The van der Waals surface area contributed by atoms with E-state index in [0.717, 1.165) is 11.5 Å². The lowest BCUT2D eigenvalue weighted by atomic mass is 10.2. The quantitative estimate of drug-likeness (QED) is 0.933. The summed E-state index contributed by atoms with van der Waals surface area (Å²) in [6.07, 6.45) is 0. The molecule has 0 atom stereocenters. The third-order valence-electron chi connectivity index (χ3n) is 3.33. The van der Waals surface area contributed by atoms with Crippen LogP contribution >= 0.6 is 11.5 Å². The summed E-state index contributed by atoms with van der Waals surface area (Å²) in [5, 5.41) is 6.61. The van der Waals surface area contributed by atoms with Crippen molar-refractivity contribution in [2.45, 2.75) is 13.8 Å². The number of carbonyl (C=O) groups is 2. The molecule has 2 aromatic rings. The van der Waals surface area contributed by atoms with Crippen LogP contribution in [0.4, 0.5) is 11.4 Å². The number of nitrogens with zero attached hydrogens (tertiary/aromatic N) is 3. The molecule has 0 fully saturated rings. The number of likely N-dealkylation sites (N-methyl/N-ethyl adjacent to an activating group) is 1. The summed E-state index contributed by atoms with van der Waals surface area (Å²) in [4.78, 5) is 26.1. The zero-order valence-corrected chi connectivity index (χ0v) is 12.9. The average molecular weight is 318 g/mol.